The lowest BCUT2D eigenvalue weighted by molar-refractivity contribution is -0.113. The van der Waals surface area contributed by atoms with Gasteiger partial charge in [-0.3, -0.25) is 4.79 Å². The van der Waals surface area contributed by atoms with Crippen LogP contribution in [0.15, 0.2) is 42.5 Å². The maximum absolute atomic E-state index is 12.4. The van der Waals surface area contributed by atoms with Crippen LogP contribution in [0.5, 0.6) is 5.75 Å². The SMILES string of the molecule is COc1ccc(C2SCC(=O)Nc3c2c(C)nn3-c2ccc(C)c(Cl)c2)cc1. The van der Waals surface area contributed by atoms with E-state index in [4.69, 9.17) is 21.4 Å². The molecular formula is C21H20ClN3O2S. The molecule has 1 atom stereocenters. The second-order valence-electron chi connectivity index (χ2n) is 6.71. The number of nitrogens with one attached hydrogen (secondary N) is 1. The number of carbonyl (C=O) groups excluding carboxylic acids is 1. The number of aryl methyl sites for hydroxylation is 2. The molecule has 144 valence electrons. The van der Waals surface area contributed by atoms with Gasteiger partial charge < -0.3 is 10.1 Å². The van der Waals surface area contributed by atoms with E-state index in [2.05, 4.69) is 5.32 Å². The molecule has 2 aromatic carbocycles. The van der Waals surface area contributed by atoms with Crippen molar-refractivity contribution in [3.05, 3.63) is 69.9 Å². The van der Waals surface area contributed by atoms with E-state index in [0.717, 1.165) is 33.8 Å². The van der Waals surface area contributed by atoms with Gasteiger partial charge in [0.25, 0.3) is 0 Å². The summed E-state index contributed by atoms with van der Waals surface area (Å²) in [6.07, 6.45) is 0. The molecule has 0 bridgehead atoms. The summed E-state index contributed by atoms with van der Waals surface area (Å²) in [7, 11) is 1.65. The first kappa shape index (κ1) is 18.9. The minimum absolute atomic E-state index is 0.00507. The number of anilines is 1. The van der Waals surface area contributed by atoms with E-state index in [-0.39, 0.29) is 11.2 Å². The Morgan fingerprint density at radius 3 is 2.64 bits per heavy atom. The lowest BCUT2D eigenvalue weighted by atomic mass is 10.0. The van der Waals surface area contributed by atoms with Crippen LogP contribution in [-0.4, -0.2) is 28.6 Å². The van der Waals surface area contributed by atoms with E-state index in [0.29, 0.717) is 16.6 Å². The van der Waals surface area contributed by atoms with Crippen molar-refractivity contribution in [1.29, 1.82) is 0 Å². The first-order chi connectivity index (χ1) is 13.5. The van der Waals surface area contributed by atoms with E-state index in [1.54, 1.807) is 23.6 Å². The van der Waals surface area contributed by atoms with Crippen LogP contribution in [0.25, 0.3) is 5.69 Å². The average Bonchev–Trinajstić information content (AvgIpc) is 2.90. The largest absolute Gasteiger partial charge is 0.497 e. The molecule has 3 aromatic rings. The zero-order valence-electron chi connectivity index (χ0n) is 15.8. The summed E-state index contributed by atoms with van der Waals surface area (Å²) in [5.74, 6) is 1.84. The van der Waals surface area contributed by atoms with Crippen LogP contribution in [0.3, 0.4) is 0 Å². The molecule has 28 heavy (non-hydrogen) atoms. The highest BCUT2D eigenvalue weighted by Crippen LogP contribution is 2.44. The van der Waals surface area contributed by atoms with Crippen molar-refractivity contribution >= 4 is 35.1 Å². The van der Waals surface area contributed by atoms with Crippen LogP contribution in [-0.2, 0) is 4.79 Å². The summed E-state index contributed by atoms with van der Waals surface area (Å²) in [6.45, 7) is 3.93. The van der Waals surface area contributed by atoms with E-state index in [1.807, 2.05) is 56.3 Å². The molecule has 0 aliphatic carbocycles. The molecule has 1 amide bonds. The highest BCUT2D eigenvalue weighted by Gasteiger charge is 2.30. The molecule has 0 spiro atoms. The third-order valence-electron chi connectivity index (χ3n) is 4.83. The lowest BCUT2D eigenvalue weighted by Gasteiger charge is -2.16. The molecule has 5 nitrogen and oxygen atoms in total. The van der Waals surface area contributed by atoms with Crippen LogP contribution < -0.4 is 10.1 Å². The number of rotatable bonds is 3. The van der Waals surface area contributed by atoms with Gasteiger partial charge in [0, 0.05) is 10.6 Å². The number of benzene rings is 2. The number of carbonyl (C=O) groups is 1. The topological polar surface area (TPSA) is 56.1 Å². The number of halogens is 1. The maximum Gasteiger partial charge on any atom is 0.235 e. The monoisotopic (exact) mass is 413 g/mol. The van der Waals surface area contributed by atoms with Crippen molar-refractivity contribution in [2.75, 3.05) is 18.2 Å². The van der Waals surface area contributed by atoms with Crippen LogP contribution in [0.2, 0.25) is 5.02 Å². The molecule has 0 saturated carbocycles. The van der Waals surface area contributed by atoms with Crippen LogP contribution in [0, 0.1) is 13.8 Å². The van der Waals surface area contributed by atoms with Crippen molar-refractivity contribution in [2.45, 2.75) is 19.1 Å². The predicted molar refractivity (Wildman–Crippen MR) is 114 cm³/mol. The van der Waals surface area contributed by atoms with E-state index >= 15 is 0 Å². The number of amides is 1. The third-order valence-corrected chi connectivity index (χ3v) is 6.50. The second-order valence-corrected chi connectivity index (χ2v) is 8.21. The predicted octanol–water partition coefficient (Wildman–Crippen LogP) is 4.93. The van der Waals surface area contributed by atoms with Crippen LogP contribution >= 0.6 is 23.4 Å². The molecule has 1 aliphatic heterocycles. The van der Waals surface area contributed by atoms with Gasteiger partial charge in [-0.15, -0.1) is 11.8 Å². The Bertz CT molecular complexity index is 1050. The number of hydrogen-bond donors (Lipinski definition) is 1. The molecule has 0 fully saturated rings. The number of thioether (sulfide) groups is 1. The van der Waals surface area contributed by atoms with E-state index in [9.17, 15) is 4.79 Å². The average molecular weight is 414 g/mol. The number of methoxy groups -OCH3 is 1. The van der Waals surface area contributed by atoms with Crippen LogP contribution in [0.4, 0.5) is 5.82 Å². The molecule has 1 N–H and O–H groups in total. The Morgan fingerprint density at radius 1 is 1.21 bits per heavy atom. The first-order valence-corrected chi connectivity index (χ1v) is 10.3. The Hall–Kier alpha value is -2.44. The van der Waals surface area contributed by atoms with Gasteiger partial charge in [0.15, 0.2) is 0 Å². The van der Waals surface area contributed by atoms with Crippen LogP contribution in [0.1, 0.15) is 27.6 Å². The smallest absolute Gasteiger partial charge is 0.235 e. The number of ether oxygens (including phenoxy) is 1. The van der Waals surface area contributed by atoms with Gasteiger partial charge >= 0.3 is 0 Å². The molecule has 1 aromatic heterocycles. The Kier molecular flexibility index (Phi) is 5.08. The molecule has 4 rings (SSSR count). The fourth-order valence-electron chi connectivity index (χ4n) is 3.33. The molecule has 1 aliphatic rings. The Labute approximate surface area is 173 Å². The summed E-state index contributed by atoms with van der Waals surface area (Å²) in [4.78, 5) is 12.4. The van der Waals surface area contributed by atoms with Crippen molar-refractivity contribution in [2.24, 2.45) is 0 Å². The minimum Gasteiger partial charge on any atom is -0.497 e. The van der Waals surface area contributed by atoms with Gasteiger partial charge in [0.05, 0.1) is 29.5 Å². The summed E-state index contributed by atoms with van der Waals surface area (Å²) < 4.78 is 7.05. The molecular weight excluding hydrogens is 394 g/mol. The summed E-state index contributed by atoms with van der Waals surface area (Å²) in [5, 5.41) is 8.43. The van der Waals surface area contributed by atoms with Gasteiger partial charge in [-0.25, -0.2) is 4.68 Å². The molecule has 0 saturated heterocycles. The number of nitrogens with zero attached hydrogens (tertiary/aromatic N) is 2. The fraction of sp³-hybridized carbons (Fsp3) is 0.238. The minimum atomic E-state index is -0.0402. The Morgan fingerprint density at radius 2 is 1.96 bits per heavy atom. The number of aromatic nitrogens is 2. The summed E-state index contributed by atoms with van der Waals surface area (Å²) >= 11 is 7.92. The normalized spacial score (nSPS) is 16.3. The molecule has 1 unspecified atom stereocenters. The number of fused-ring (bicyclic) bond motifs is 1. The van der Waals surface area contributed by atoms with Crippen molar-refractivity contribution in [3.63, 3.8) is 0 Å². The fourth-order valence-corrected chi connectivity index (χ4v) is 4.69. The van der Waals surface area contributed by atoms with E-state index < -0.39 is 0 Å². The van der Waals surface area contributed by atoms with Gasteiger partial charge in [0.2, 0.25) is 5.91 Å². The lowest BCUT2D eigenvalue weighted by Crippen LogP contribution is -2.15. The van der Waals surface area contributed by atoms with Gasteiger partial charge in [-0.1, -0.05) is 29.8 Å². The number of hydrogen-bond acceptors (Lipinski definition) is 4. The standard InChI is InChI=1S/C21H20ClN3O2S/c1-12-4-7-15(10-17(12)22)25-21-19(13(2)24-25)20(28-11-18(26)23-21)14-5-8-16(27-3)9-6-14/h4-10,20H,11H2,1-3H3,(H,23,26). The van der Waals surface area contributed by atoms with Gasteiger partial charge in [-0.2, -0.15) is 5.10 Å². The van der Waals surface area contributed by atoms with Crippen molar-refractivity contribution < 1.29 is 9.53 Å². The van der Waals surface area contributed by atoms with Gasteiger partial charge in [0.1, 0.15) is 11.6 Å². The Balaban J connectivity index is 1.85. The maximum atomic E-state index is 12.4. The molecule has 0 radical (unpaired) electrons. The van der Waals surface area contributed by atoms with Gasteiger partial charge in [-0.05, 0) is 49.2 Å². The summed E-state index contributed by atoms with van der Waals surface area (Å²) in [5.41, 5.74) is 4.81. The highest BCUT2D eigenvalue weighted by molar-refractivity contribution is 8.00. The van der Waals surface area contributed by atoms with Crippen molar-refractivity contribution in [3.8, 4) is 11.4 Å². The van der Waals surface area contributed by atoms with Crippen molar-refractivity contribution in [1.82, 2.24) is 9.78 Å². The zero-order valence-corrected chi connectivity index (χ0v) is 17.4. The molecule has 7 heteroatoms. The van der Waals surface area contributed by atoms with E-state index in [1.165, 1.54) is 0 Å². The first-order valence-electron chi connectivity index (χ1n) is 8.89. The summed E-state index contributed by atoms with van der Waals surface area (Å²) in [6, 6.07) is 13.7. The highest BCUT2D eigenvalue weighted by atomic mass is 35.5. The zero-order chi connectivity index (χ0) is 19.8. The quantitative estimate of drug-likeness (QED) is 0.661. The molecule has 2 heterocycles. The third kappa shape index (κ3) is 3.38. The second kappa shape index (κ2) is 7.53.